The zero-order valence-corrected chi connectivity index (χ0v) is 27.8. The van der Waals surface area contributed by atoms with Crippen LogP contribution < -0.4 is 15.2 Å². The number of rotatable bonds is 14. The minimum Gasteiger partial charge on any atom is -0.460 e. The highest BCUT2D eigenvalue weighted by atomic mass is 32.2. The summed E-state index contributed by atoms with van der Waals surface area (Å²) in [6.07, 6.45) is 9.04. The lowest BCUT2D eigenvalue weighted by Gasteiger charge is -2.23. The second kappa shape index (κ2) is 11.9. The van der Waals surface area contributed by atoms with Crippen molar-refractivity contribution in [1.29, 1.82) is 0 Å². The van der Waals surface area contributed by atoms with Crippen molar-refractivity contribution < 1.29 is 36.0 Å². The summed E-state index contributed by atoms with van der Waals surface area (Å²) in [5, 5.41) is 0. The second-order valence-corrected chi connectivity index (χ2v) is 17.9. The summed E-state index contributed by atoms with van der Waals surface area (Å²) >= 11 is 0. The number of hydrogen-bond acceptors (Lipinski definition) is 9. The molecule has 4 N–H and O–H groups in total. The molecule has 0 aromatic heterocycles. The van der Waals surface area contributed by atoms with Gasteiger partial charge in [0, 0.05) is 5.92 Å². The van der Waals surface area contributed by atoms with Crippen LogP contribution >= 0.6 is 0 Å². The van der Waals surface area contributed by atoms with E-state index in [-0.39, 0.29) is 18.3 Å². The van der Waals surface area contributed by atoms with E-state index in [4.69, 9.17) is 10.5 Å². The molecule has 0 saturated heterocycles. The number of ether oxygens (including phenoxy) is 1. The van der Waals surface area contributed by atoms with Gasteiger partial charge in [0.15, 0.2) is 0 Å². The Morgan fingerprint density at radius 2 is 1.28 bits per heavy atom. The molecule has 0 bridgehead atoms. The fraction of sp³-hybridized carbons (Fsp3) is 0.767. The molecule has 4 aliphatic rings. The van der Waals surface area contributed by atoms with Gasteiger partial charge in [0.1, 0.15) is 11.1 Å². The molecular weight excluding hydrogens is 594 g/mol. The molecule has 0 heterocycles. The summed E-state index contributed by atoms with van der Waals surface area (Å²) in [5.74, 6) is -2.02. The van der Waals surface area contributed by atoms with Crippen LogP contribution in [-0.4, -0.2) is 55.3 Å². The molecule has 43 heavy (non-hydrogen) atoms. The van der Waals surface area contributed by atoms with Crippen molar-refractivity contribution in [3.63, 3.8) is 0 Å². The van der Waals surface area contributed by atoms with Crippen molar-refractivity contribution in [2.45, 2.75) is 126 Å². The highest BCUT2D eigenvalue weighted by Crippen LogP contribution is 2.57. The lowest BCUT2D eigenvalue weighted by Crippen LogP contribution is -2.49. The third-order valence-corrected chi connectivity index (χ3v) is 13.6. The van der Waals surface area contributed by atoms with Crippen LogP contribution in [0.3, 0.4) is 0 Å². The summed E-state index contributed by atoms with van der Waals surface area (Å²) in [7, 11) is -7.34. The first kappa shape index (κ1) is 35.2. The fourth-order valence-electron chi connectivity index (χ4n) is 5.84. The van der Waals surface area contributed by atoms with Crippen molar-refractivity contribution in [1.82, 2.24) is 9.44 Å². The Hall–Kier alpha value is -2.25. The number of esters is 1. The normalized spacial score (nSPS) is 29.5. The minimum absolute atomic E-state index is 0.117. The first-order valence-corrected chi connectivity index (χ1v) is 18.1. The van der Waals surface area contributed by atoms with E-state index in [2.05, 4.69) is 22.6 Å². The Labute approximate surface area is 256 Å². The van der Waals surface area contributed by atoms with E-state index in [1.165, 1.54) is 0 Å². The van der Waals surface area contributed by atoms with Gasteiger partial charge in [0.2, 0.25) is 26.0 Å². The Morgan fingerprint density at radius 1 is 0.837 bits per heavy atom. The maximum Gasteiger partial charge on any atom is 0.307 e. The molecule has 0 spiro atoms. The molecule has 0 aromatic carbocycles. The van der Waals surface area contributed by atoms with Gasteiger partial charge in [-0.3, -0.25) is 23.8 Å². The molecule has 4 fully saturated rings. The minimum atomic E-state index is -3.74. The van der Waals surface area contributed by atoms with Crippen molar-refractivity contribution in [3.8, 4) is 0 Å². The third kappa shape index (κ3) is 7.36. The second-order valence-electron chi connectivity index (χ2n) is 13.8. The number of amides is 2. The smallest absolute Gasteiger partial charge is 0.307 e. The van der Waals surface area contributed by atoms with E-state index >= 15 is 0 Å². The van der Waals surface area contributed by atoms with Gasteiger partial charge in [-0.2, -0.15) is 0 Å². The summed E-state index contributed by atoms with van der Waals surface area (Å²) in [6, 6.07) is 0. The van der Waals surface area contributed by atoms with Crippen LogP contribution in [0.5, 0.6) is 0 Å². The predicted octanol–water partition coefficient (Wildman–Crippen LogP) is 3.36. The molecule has 244 valence electrons. The summed E-state index contributed by atoms with van der Waals surface area (Å²) in [4.78, 5) is 36.8. The topological polar surface area (TPSA) is 179 Å². The number of carbonyl (C=O) groups excluding carboxylic acids is 3. The Balaban J connectivity index is 0.000000248. The first-order chi connectivity index (χ1) is 19.7. The van der Waals surface area contributed by atoms with Gasteiger partial charge in [-0.15, -0.1) is 13.2 Å². The molecule has 11 nitrogen and oxygen atoms in total. The molecule has 0 aliphatic heterocycles. The van der Waals surface area contributed by atoms with Crippen LogP contribution in [0.1, 0.15) is 105 Å². The number of nitrogens with one attached hydrogen (secondary N) is 2. The monoisotopic (exact) mass is 643 g/mol. The van der Waals surface area contributed by atoms with Gasteiger partial charge in [0.25, 0.3) is 5.91 Å². The molecule has 4 atom stereocenters. The Morgan fingerprint density at radius 3 is 1.60 bits per heavy atom. The molecule has 0 aromatic rings. The highest BCUT2D eigenvalue weighted by molar-refractivity contribution is 7.92. The van der Waals surface area contributed by atoms with Gasteiger partial charge in [0.05, 0.1) is 21.3 Å². The summed E-state index contributed by atoms with van der Waals surface area (Å²) < 4.78 is 57.8. The molecular formula is C30H49N3O8S2. The maximum atomic E-state index is 12.7. The van der Waals surface area contributed by atoms with E-state index in [1.54, 1.807) is 32.9 Å². The quantitative estimate of drug-likeness (QED) is 0.189. The number of hydrogen-bond donors (Lipinski definition) is 3. The van der Waals surface area contributed by atoms with Crippen molar-refractivity contribution in [2.75, 3.05) is 0 Å². The van der Waals surface area contributed by atoms with E-state index in [9.17, 15) is 31.2 Å². The van der Waals surface area contributed by atoms with Crippen LogP contribution in [0, 0.1) is 17.3 Å². The standard InChI is InChI=1S/C18H29NO5S.C12H20N2O3S/c1-6-8-17(9-10-17)25(22,23)19-15(21)18(11-13(18)7-2)12-14(20)24-16(3,4)5;1-3-5-11(6-7-11)18(16,17)14-10(15)12(13)8-9(12)4-2/h7,13H,2,6,8-12H2,1,3-5H3,(H,19,21);4,9H,2-3,5-8,13H2,1H3,(H,14,15)/t13-,18-;9-,12-/m11/s1. The van der Waals surface area contributed by atoms with Crippen LogP contribution in [0.25, 0.3) is 0 Å². The molecule has 4 rings (SSSR count). The molecule has 13 heteroatoms. The average Bonchev–Trinajstić information content (AvgIpc) is 3.71. The predicted molar refractivity (Wildman–Crippen MR) is 164 cm³/mol. The molecule has 0 unspecified atom stereocenters. The molecule has 2 amide bonds. The van der Waals surface area contributed by atoms with Crippen LogP contribution in [0.15, 0.2) is 25.3 Å². The number of nitrogens with two attached hydrogens (primary N) is 1. The largest absolute Gasteiger partial charge is 0.460 e. The highest BCUT2D eigenvalue weighted by Gasteiger charge is 2.63. The van der Waals surface area contributed by atoms with Crippen LogP contribution in [0.2, 0.25) is 0 Å². The molecule has 0 radical (unpaired) electrons. The third-order valence-electron chi connectivity index (χ3n) is 9.14. The summed E-state index contributed by atoms with van der Waals surface area (Å²) in [6.45, 7) is 16.4. The van der Waals surface area contributed by atoms with Crippen LogP contribution in [0.4, 0.5) is 0 Å². The number of sulfonamides is 2. The SMILES string of the molecule is C=C[C@@H]1C[C@]1(CC(=O)OC(C)(C)C)C(=O)NS(=O)(=O)C1(CCC)CC1.C=C[C@@H]1C[C@]1(N)C(=O)NS(=O)(=O)C1(CCC)CC1. The molecule has 4 saturated carbocycles. The van der Waals surface area contributed by atoms with Crippen molar-refractivity contribution in [3.05, 3.63) is 25.3 Å². The van der Waals surface area contributed by atoms with Gasteiger partial charge in [-0.05, 0) is 78.1 Å². The zero-order chi connectivity index (χ0) is 32.7. The van der Waals surface area contributed by atoms with Gasteiger partial charge >= 0.3 is 5.97 Å². The number of carbonyl (C=O) groups is 3. The van der Waals surface area contributed by atoms with Gasteiger partial charge < -0.3 is 10.5 Å². The fourth-order valence-corrected chi connectivity index (χ4v) is 9.37. The average molecular weight is 644 g/mol. The zero-order valence-electron chi connectivity index (χ0n) is 26.2. The molecule has 4 aliphatic carbocycles. The van der Waals surface area contributed by atoms with E-state index in [0.717, 1.165) is 12.8 Å². The van der Waals surface area contributed by atoms with E-state index in [1.807, 2.05) is 13.8 Å². The van der Waals surface area contributed by atoms with Gasteiger partial charge in [-0.1, -0.05) is 38.8 Å². The van der Waals surface area contributed by atoms with Crippen molar-refractivity contribution in [2.24, 2.45) is 23.0 Å². The lowest BCUT2D eigenvalue weighted by molar-refractivity contribution is -0.158. The Kier molecular flexibility index (Phi) is 9.77. The summed E-state index contributed by atoms with van der Waals surface area (Å²) in [5.41, 5.74) is 3.06. The lowest BCUT2D eigenvalue weighted by atomic mass is 9.98. The van der Waals surface area contributed by atoms with E-state index in [0.29, 0.717) is 51.4 Å². The van der Waals surface area contributed by atoms with Gasteiger partial charge in [-0.25, -0.2) is 16.8 Å². The first-order valence-electron chi connectivity index (χ1n) is 15.1. The van der Waals surface area contributed by atoms with E-state index < -0.39 is 63.9 Å². The Bertz CT molecular complexity index is 1360. The van der Waals surface area contributed by atoms with Crippen LogP contribution in [-0.2, 0) is 39.2 Å². The maximum absolute atomic E-state index is 12.7. The van der Waals surface area contributed by atoms with Crippen molar-refractivity contribution >= 4 is 37.8 Å². The number of allylic oxidation sites excluding steroid dienone is 1.